The zero-order chi connectivity index (χ0) is 13.3. The van der Waals surface area contributed by atoms with Crippen LogP contribution in [0.15, 0.2) is 17.5 Å². The first-order valence-electron chi connectivity index (χ1n) is 5.65. The number of thiazole rings is 1. The molecule has 0 spiro atoms. The molecule has 0 fully saturated rings. The first kappa shape index (κ1) is 12.8. The van der Waals surface area contributed by atoms with Crippen LogP contribution in [-0.4, -0.2) is 17.9 Å². The van der Waals surface area contributed by atoms with Crippen LogP contribution in [0.5, 0.6) is 5.75 Å². The van der Waals surface area contributed by atoms with Gasteiger partial charge in [-0.3, -0.25) is 4.79 Å². The van der Waals surface area contributed by atoms with Gasteiger partial charge in [-0.1, -0.05) is 0 Å². The normalized spacial score (nSPS) is 10.4. The highest BCUT2D eigenvalue weighted by Gasteiger charge is 2.12. The average molecular weight is 261 g/mol. The lowest BCUT2D eigenvalue weighted by molar-refractivity contribution is 0.101. The first-order valence-corrected chi connectivity index (χ1v) is 6.53. The zero-order valence-electron chi connectivity index (χ0n) is 10.9. The number of benzene rings is 1. The van der Waals surface area contributed by atoms with Crippen molar-refractivity contribution in [2.75, 3.05) is 7.11 Å². The van der Waals surface area contributed by atoms with Gasteiger partial charge in [0.05, 0.1) is 12.8 Å². The SMILES string of the molecule is COc1cc(C)c(-c2csc(C(C)=O)n2)cc1C. The molecule has 94 valence electrons. The van der Waals surface area contributed by atoms with E-state index >= 15 is 0 Å². The number of nitrogens with zero attached hydrogens (tertiary/aromatic N) is 1. The van der Waals surface area contributed by atoms with Crippen LogP contribution in [-0.2, 0) is 0 Å². The summed E-state index contributed by atoms with van der Waals surface area (Å²) in [5.41, 5.74) is 4.07. The van der Waals surface area contributed by atoms with E-state index in [0.717, 1.165) is 28.1 Å². The summed E-state index contributed by atoms with van der Waals surface area (Å²) in [6.07, 6.45) is 0. The lowest BCUT2D eigenvalue weighted by Crippen LogP contribution is -1.93. The van der Waals surface area contributed by atoms with E-state index in [2.05, 4.69) is 4.98 Å². The molecule has 0 aliphatic heterocycles. The Labute approximate surface area is 110 Å². The molecule has 3 nitrogen and oxygen atoms in total. The van der Waals surface area contributed by atoms with Crippen LogP contribution in [0.3, 0.4) is 0 Å². The summed E-state index contributed by atoms with van der Waals surface area (Å²) in [5.74, 6) is 0.882. The van der Waals surface area contributed by atoms with Gasteiger partial charge >= 0.3 is 0 Å². The fourth-order valence-electron chi connectivity index (χ4n) is 1.84. The van der Waals surface area contributed by atoms with Crippen LogP contribution in [0.4, 0.5) is 0 Å². The number of methoxy groups -OCH3 is 1. The van der Waals surface area contributed by atoms with Gasteiger partial charge in [0.15, 0.2) is 10.8 Å². The number of rotatable bonds is 3. The molecule has 0 atom stereocenters. The number of carbonyl (C=O) groups excluding carboxylic acids is 1. The average Bonchev–Trinajstić information content (AvgIpc) is 2.81. The molecule has 0 bridgehead atoms. The molecule has 2 aromatic rings. The van der Waals surface area contributed by atoms with Crippen molar-refractivity contribution in [2.24, 2.45) is 0 Å². The Hall–Kier alpha value is -1.68. The minimum atomic E-state index is 0.00846. The molecule has 1 heterocycles. The van der Waals surface area contributed by atoms with Crippen molar-refractivity contribution in [3.05, 3.63) is 33.6 Å². The fourth-order valence-corrected chi connectivity index (χ4v) is 2.56. The van der Waals surface area contributed by atoms with Crippen LogP contribution >= 0.6 is 11.3 Å². The van der Waals surface area contributed by atoms with Crippen molar-refractivity contribution in [2.45, 2.75) is 20.8 Å². The van der Waals surface area contributed by atoms with Gasteiger partial charge in [0.2, 0.25) is 0 Å². The number of aryl methyl sites for hydroxylation is 2. The van der Waals surface area contributed by atoms with Crippen LogP contribution in [0, 0.1) is 13.8 Å². The van der Waals surface area contributed by atoms with Gasteiger partial charge in [0, 0.05) is 17.9 Å². The zero-order valence-corrected chi connectivity index (χ0v) is 11.7. The molecule has 0 N–H and O–H groups in total. The Balaban J connectivity index is 2.50. The largest absolute Gasteiger partial charge is 0.496 e. The third-order valence-corrected chi connectivity index (χ3v) is 3.77. The van der Waals surface area contributed by atoms with Gasteiger partial charge in [0.1, 0.15) is 5.75 Å². The maximum Gasteiger partial charge on any atom is 0.188 e. The van der Waals surface area contributed by atoms with Crippen LogP contribution in [0.25, 0.3) is 11.3 Å². The van der Waals surface area contributed by atoms with Gasteiger partial charge in [0.25, 0.3) is 0 Å². The van der Waals surface area contributed by atoms with Crippen LogP contribution < -0.4 is 4.74 Å². The summed E-state index contributed by atoms with van der Waals surface area (Å²) in [6.45, 7) is 5.55. The summed E-state index contributed by atoms with van der Waals surface area (Å²) in [4.78, 5) is 15.6. The van der Waals surface area contributed by atoms with E-state index in [1.54, 1.807) is 7.11 Å². The van der Waals surface area contributed by atoms with E-state index in [4.69, 9.17) is 4.74 Å². The van der Waals surface area contributed by atoms with E-state index in [1.807, 2.05) is 31.4 Å². The summed E-state index contributed by atoms with van der Waals surface area (Å²) in [7, 11) is 1.66. The van der Waals surface area contributed by atoms with E-state index in [9.17, 15) is 4.79 Å². The standard InChI is InChI=1S/C14H15NO2S/c1-8-6-13(17-4)9(2)5-11(8)12-7-18-14(15-12)10(3)16/h5-7H,1-4H3. The van der Waals surface area contributed by atoms with Crippen LogP contribution in [0.1, 0.15) is 27.9 Å². The number of ether oxygens (including phenoxy) is 1. The molecule has 0 aliphatic carbocycles. The minimum Gasteiger partial charge on any atom is -0.496 e. The van der Waals surface area contributed by atoms with Crippen molar-refractivity contribution in [3.63, 3.8) is 0 Å². The van der Waals surface area contributed by atoms with E-state index in [1.165, 1.54) is 18.3 Å². The van der Waals surface area contributed by atoms with Crippen LogP contribution in [0.2, 0.25) is 0 Å². The topological polar surface area (TPSA) is 39.2 Å². The predicted octanol–water partition coefficient (Wildman–Crippen LogP) is 3.64. The van der Waals surface area contributed by atoms with Gasteiger partial charge in [-0.05, 0) is 37.1 Å². The molecular weight excluding hydrogens is 246 g/mol. The van der Waals surface area contributed by atoms with Crippen molar-refractivity contribution < 1.29 is 9.53 Å². The molecule has 18 heavy (non-hydrogen) atoms. The number of carbonyl (C=O) groups is 1. The quantitative estimate of drug-likeness (QED) is 0.792. The molecule has 0 aliphatic rings. The predicted molar refractivity (Wildman–Crippen MR) is 73.6 cm³/mol. The summed E-state index contributed by atoms with van der Waals surface area (Å²) in [5, 5.41) is 2.48. The molecule has 0 unspecified atom stereocenters. The maximum absolute atomic E-state index is 11.3. The summed E-state index contributed by atoms with van der Waals surface area (Å²) < 4.78 is 5.29. The van der Waals surface area contributed by atoms with E-state index in [-0.39, 0.29) is 5.78 Å². The molecule has 2 rings (SSSR count). The number of ketones is 1. The Morgan fingerprint density at radius 3 is 2.56 bits per heavy atom. The van der Waals surface area contributed by atoms with Gasteiger partial charge < -0.3 is 4.74 Å². The van der Waals surface area contributed by atoms with Gasteiger partial charge in [-0.2, -0.15) is 0 Å². The van der Waals surface area contributed by atoms with Crippen molar-refractivity contribution in [3.8, 4) is 17.0 Å². The second-order valence-electron chi connectivity index (χ2n) is 4.23. The fraction of sp³-hybridized carbons (Fsp3) is 0.286. The number of hydrogen-bond donors (Lipinski definition) is 0. The Bertz CT molecular complexity index is 602. The highest BCUT2D eigenvalue weighted by Crippen LogP contribution is 2.30. The Kier molecular flexibility index (Phi) is 3.48. The Morgan fingerprint density at radius 1 is 1.28 bits per heavy atom. The monoisotopic (exact) mass is 261 g/mol. The molecule has 0 saturated heterocycles. The second-order valence-corrected chi connectivity index (χ2v) is 5.09. The molecular formula is C14H15NO2S. The second kappa shape index (κ2) is 4.90. The number of aromatic nitrogens is 1. The molecule has 0 amide bonds. The molecule has 4 heteroatoms. The summed E-state index contributed by atoms with van der Waals surface area (Å²) in [6, 6.07) is 4.05. The van der Waals surface area contributed by atoms with Crippen molar-refractivity contribution in [1.29, 1.82) is 0 Å². The Morgan fingerprint density at radius 2 is 2.00 bits per heavy atom. The summed E-state index contributed by atoms with van der Waals surface area (Å²) >= 11 is 1.39. The lowest BCUT2D eigenvalue weighted by Gasteiger charge is -2.09. The lowest BCUT2D eigenvalue weighted by atomic mass is 10.0. The number of Topliss-reactive ketones (excluding diaryl/α,β-unsaturated/α-hetero) is 1. The number of hydrogen-bond acceptors (Lipinski definition) is 4. The van der Waals surface area contributed by atoms with Crippen molar-refractivity contribution in [1.82, 2.24) is 4.98 Å². The smallest absolute Gasteiger partial charge is 0.188 e. The maximum atomic E-state index is 11.3. The highest BCUT2D eigenvalue weighted by molar-refractivity contribution is 7.12. The molecule has 1 aromatic heterocycles. The van der Waals surface area contributed by atoms with Gasteiger partial charge in [-0.25, -0.2) is 4.98 Å². The first-order chi connectivity index (χ1) is 8.52. The molecule has 0 saturated carbocycles. The van der Waals surface area contributed by atoms with Gasteiger partial charge in [-0.15, -0.1) is 11.3 Å². The molecule has 0 radical (unpaired) electrons. The van der Waals surface area contributed by atoms with E-state index < -0.39 is 0 Å². The minimum absolute atomic E-state index is 0.00846. The van der Waals surface area contributed by atoms with E-state index in [0.29, 0.717) is 5.01 Å². The third-order valence-electron chi connectivity index (χ3n) is 2.82. The van der Waals surface area contributed by atoms with Crippen molar-refractivity contribution >= 4 is 17.1 Å². The molecule has 1 aromatic carbocycles. The highest BCUT2D eigenvalue weighted by atomic mass is 32.1. The third kappa shape index (κ3) is 2.29.